The van der Waals surface area contributed by atoms with Crippen LogP contribution in [0.2, 0.25) is 0 Å². The first-order valence-electron chi connectivity index (χ1n) is 20.1. The van der Waals surface area contributed by atoms with Crippen LogP contribution in [0.3, 0.4) is 0 Å². The van der Waals surface area contributed by atoms with Gasteiger partial charge < -0.3 is 34.0 Å². The maximum atomic E-state index is 14.1. The molecule has 2 aromatic rings. The van der Waals surface area contributed by atoms with Gasteiger partial charge in [0, 0.05) is 42.6 Å². The second kappa shape index (κ2) is 20.5. The molecule has 5 rings (SSSR count). The zero-order valence-corrected chi connectivity index (χ0v) is 35.3. The maximum absolute atomic E-state index is 14.1. The van der Waals surface area contributed by atoms with E-state index in [9.17, 15) is 15.0 Å². The third-order valence-corrected chi connectivity index (χ3v) is 11.6. The van der Waals surface area contributed by atoms with Gasteiger partial charge in [-0.05, 0) is 119 Å². The number of unbranched alkanes of at least 4 members (excludes halogenated alkanes) is 2. The first-order valence-corrected chi connectivity index (χ1v) is 21.9. The fraction of sp³-hybridized carbons (Fsp3) is 0.591. The average molecular weight is 813 g/mol. The number of aliphatic hydroxyl groups is 2. The van der Waals surface area contributed by atoms with Crippen LogP contribution in [-0.2, 0) is 14.3 Å². The smallest absolute Gasteiger partial charge is 0.410 e. The Morgan fingerprint density at radius 3 is 2.45 bits per heavy atom. The van der Waals surface area contributed by atoms with Crippen molar-refractivity contribution in [2.75, 3.05) is 45.1 Å². The molecule has 6 atom stereocenters. The van der Waals surface area contributed by atoms with E-state index in [-0.39, 0.29) is 50.1 Å². The summed E-state index contributed by atoms with van der Waals surface area (Å²) in [5.41, 5.74) is 2.12. The van der Waals surface area contributed by atoms with E-state index in [1.165, 1.54) is 0 Å². The highest BCUT2D eigenvalue weighted by Crippen LogP contribution is 2.62. The number of benzene rings is 2. The standard InChI is InChI=1S/C44H61ClN2O8S/c1-7-22-47(42(50)51-26-21-45)39-29-37(46-55-43(3,4)5)35-27-30(13-9-11-23-48)34(14-10-12-24-49)40-36-28-32(53-31-15-18-33(56-6)19-16-31)17-20-38(36)54-44(39,41(35)40)52-25-8-2/h8,15-20,27-28,30,34,39-41,48-49H,2,7,9-14,21-26,29H2,1,3-6H3/t30-,34+,39-,40+,41+,44+/m0/s1. The van der Waals surface area contributed by atoms with E-state index in [1.54, 1.807) is 22.7 Å². The van der Waals surface area contributed by atoms with Crippen LogP contribution in [0.4, 0.5) is 4.79 Å². The summed E-state index contributed by atoms with van der Waals surface area (Å²) in [4.78, 5) is 23.1. The van der Waals surface area contributed by atoms with Gasteiger partial charge in [0.25, 0.3) is 0 Å². The summed E-state index contributed by atoms with van der Waals surface area (Å²) in [6, 6.07) is 13.3. The van der Waals surface area contributed by atoms with Crippen LogP contribution in [0.15, 0.2) is 76.8 Å². The largest absolute Gasteiger partial charge is 0.459 e. The van der Waals surface area contributed by atoms with E-state index < -0.39 is 29.4 Å². The fourth-order valence-electron chi connectivity index (χ4n) is 8.51. The van der Waals surface area contributed by atoms with Crippen molar-refractivity contribution in [2.24, 2.45) is 22.9 Å². The first kappa shape index (κ1) is 43.9. The molecule has 0 unspecified atom stereocenters. The number of allylic oxidation sites excluding steroid dienone is 1. The van der Waals surface area contributed by atoms with Gasteiger partial charge in [0.2, 0.25) is 5.79 Å². The van der Waals surface area contributed by atoms with E-state index in [1.807, 2.05) is 70.3 Å². The lowest BCUT2D eigenvalue weighted by molar-refractivity contribution is -0.255. The number of aliphatic hydroxyl groups excluding tert-OH is 2. The van der Waals surface area contributed by atoms with E-state index in [0.29, 0.717) is 43.7 Å². The van der Waals surface area contributed by atoms with Crippen molar-refractivity contribution < 1.29 is 38.8 Å². The summed E-state index contributed by atoms with van der Waals surface area (Å²) in [6.07, 6.45) is 11.3. The number of oxime groups is 1. The van der Waals surface area contributed by atoms with Crippen molar-refractivity contribution >= 4 is 35.2 Å². The Balaban J connectivity index is 1.78. The molecule has 308 valence electrons. The molecule has 2 N–H and O–H groups in total. The maximum Gasteiger partial charge on any atom is 0.410 e. The van der Waals surface area contributed by atoms with E-state index in [4.69, 9.17) is 40.5 Å². The number of hydrogen-bond donors (Lipinski definition) is 2. The van der Waals surface area contributed by atoms with Crippen molar-refractivity contribution in [3.8, 4) is 17.2 Å². The minimum atomic E-state index is -1.37. The molecule has 1 aliphatic heterocycles. The van der Waals surface area contributed by atoms with Crippen molar-refractivity contribution in [2.45, 2.75) is 107 Å². The average Bonchev–Trinajstić information content (AvgIpc) is 3.19. The second-order valence-electron chi connectivity index (χ2n) is 15.8. The quantitative estimate of drug-likeness (QED) is 0.0443. The van der Waals surface area contributed by atoms with Gasteiger partial charge in [0.1, 0.15) is 35.5 Å². The molecule has 2 aliphatic carbocycles. The number of ether oxygens (including phenoxy) is 4. The Kier molecular flexibility index (Phi) is 16.0. The fourth-order valence-corrected chi connectivity index (χ4v) is 8.99. The molecular weight excluding hydrogens is 752 g/mol. The Morgan fingerprint density at radius 2 is 1.80 bits per heavy atom. The van der Waals surface area contributed by atoms with Gasteiger partial charge in [0.05, 0.1) is 24.1 Å². The van der Waals surface area contributed by atoms with E-state index in [0.717, 1.165) is 53.2 Å². The van der Waals surface area contributed by atoms with Crippen LogP contribution >= 0.6 is 23.4 Å². The third kappa shape index (κ3) is 10.3. The molecule has 0 spiro atoms. The number of rotatable bonds is 20. The zero-order valence-electron chi connectivity index (χ0n) is 33.7. The number of hydrogen-bond acceptors (Lipinski definition) is 10. The molecule has 1 heterocycles. The first-order chi connectivity index (χ1) is 27.0. The highest BCUT2D eigenvalue weighted by Gasteiger charge is 2.65. The molecule has 56 heavy (non-hydrogen) atoms. The number of alkyl halides is 1. The van der Waals surface area contributed by atoms with Crippen LogP contribution < -0.4 is 9.47 Å². The number of nitrogens with zero attached hydrogens (tertiary/aromatic N) is 2. The molecule has 1 saturated carbocycles. The molecule has 0 radical (unpaired) electrons. The summed E-state index contributed by atoms with van der Waals surface area (Å²) >= 11 is 7.69. The lowest BCUT2D eigenvalue weighted by Crippen LogP contribution is -2.70. The number of halogens is 1. The highest BCUT2D eigenvalue weighted by molar-refractivity contribution is 7.98. The van der Waals surface area contributed by atoms with Crippen LogP contribution in [-0.4, -0.2) is 89.5 Å². The monoisotopic (exact) mass is 812 g/mol. The molecule has 1 amide bonds. The third-order valence-electron chi connectivity index (χ3n) is 10.7. The van der Waals surface area contributed by atoms with E-state index >= 15 is 0 Å². The van der Waals surface area contributed by atoms with Crippen LogP contribution in [0.25, 0.3) is 0 Å². The Morgan fingerprint density at radius 1 is 1.09 bits per heavy atom. The summed E-state index contributed by atoms with van der Waals surface area (Å²) < 4.78 is 26.5. The zero-order chi connectivity index (χ0) is 40.3. The highest BCUT2D eigenvalue weighted by atomic mass is 35.5. The molecular formula is C44H61ClN2O8S. The SMILES string of the molecule is C=CCO[C@@]12Oc3ccc(Oc4ccc(SC)cc4)cc3[C@H]3[C@H](CCCCO)[C@@H](CCCCO)C=C(C(=NOC(C)(C)C)C[C@@H]1N(CCC)C(=O)OCCCl)[C@H]32. The van der Waals surface area contributed by atoms with Gasteiger partial charge >= 0.3 is 6.09 Å². The second-order valence-corrected chi connectivity index (χ2v) is 17.0. The summed E-state index contributed by atoms with van der Waals surface area (Å²) in [6.45, 7) is 12.8. The Labute approximate surface area is 342 Å². The summed E-state index contributed by atoms with van der Waals surface area (Å²) in [7, 11) is 0. The molecule has 0 bridgehead atoms. The Bertz CT molecular complexity index is 1660. The van der Waals surface area contributed by atoms with Gasteiger partial charge in [-0.3, -0.25) is 4.90 Å². The molecule has 2 aromatic carbocycles. The molecule has 0 saturated heterocycles. The predicted molar refractivity (Wildman–Crippen MR) is 223 cm³/mol. The molecule has 10 nitrogen and oxygen atoms in total. The normalized spacial score (nSPS) is 24.7. The minimum Gasteiger partial charge on any atom is -0.459 e. The number of carbonyl (C=O) groups excluding carboxylic acids is 1. The van der Waals surface area contributed by atoms with Gasteiger partial charge in [-0.1, -0.05) is 37.1 Å². The topological polar surface area (TPSA) is 119 Å². The van der Waals surface area contributed by atoms with Crippen LogP contribution in [0.5, 0.6) is 17.2 Å². The number of carbonyl (C=O) groups is 1. The number of fused-ring (bicyclic) bond motifs is 2. The van der Waals surface area contributed by atoms with Crippen molar-refractivity contribution in [3.05, 3.63) is 72.3 Å². The van der Waals surface area contributed by atoms with Gasteiger partial charge in [-0.2, -0.15) is 0 Å². The van der Waals surface area contributed by atoms with Gasteiger partial charge in [-0.15, -0.1) is 29.9 Å². The van der Waals surface area contributed by atoms with Gasteiger partial charge in [0.15, 0.2) is 0 Å². The number of amides is 1. The molecule has 3 aliphatic rings. The van der Waals surface area contributed by atoms with Gasteiger partial charge in [-0.25, -0.2) is 4.79 Å². The van der Waals surface area contributed by atoms with Crippen molar-refractivity contribution in [3.63, 3.8) is 0 Å². The molecule has 0 aromatic heterocycles. The van der Waals surface area contributed by atoms with Crippen LogP contribution in [0.1, 0.15) is 90.5 Å². The lowest BCUT2D eigenvalue weighted by Gasteiger charge is -2.60. The van der Waals surface area contributed by atoms with Crippen molar-refractivity contribution in [1.82, 2.24) is 4.90 Å². The predicted octanol–water partition coefficient (Wildman–Crippen LogP) is 9.72. The minimum absolute atomic E-state index is 0.0635. The number of thioether (sulfide) groups is 1. The molecule has 1 fully saturated rings. The lowest BCUT2D eigenvalue weighted by atomic mass is 9.55. The summed E-state index contributed by atoms with van der Waals surface area (Å²) in [5.74, 6) is 0.465. The van der Waals surface area contributed by atoms with Crippen LogP contribution in [0, 0.1) is 17.8 Å². The Hall–Kier alpha value is -3.22. The molecule has 12 heteroatoms. The van der Waals surface area contributed by atoms with E-state index in [2.05, 4.69) is 18.7 Å². The van der Waals surface area contributed by atoms with Crippen molar-refractivity contribution in [1.29, 1.82) is 0 Å². The summed E-state index contributed by atoms with van der Waals surface area (Å²) in [5, 5.41) is 24.6.